The van der Waals surface area contributed by atoms with Crippen LogP contribution in [0.1, 0.15) is 25.3 Å². The van der Waals surface area contributed by atoms with E-state index in [1.165, 1.54) is 0 Å². The van der Waals surface area contributed by atoms with E-state index in [9.17, 15) is 0 Å². The Labute approximate surface area is 148 Å². The molecular formula is C20H24N2O3. The van der Waals surface area contributed by atoms with Gasteiger partial charge in [-0.25, -0.2) is 4.99 Å². The molecule has 0 aliphatic carbocycles. The lowest BCUT2D eigenvalue weighted by Gasteiger charge is -2.19. The largest absolute Gasteiger partial charge is 0.490 e. The fourth-order valence-corrected chi connectivity index (χ4v) is 2.73. The molecule has 3 rings (SSSR count). The molecule has 0 saturated heterocycles. The topological polar surface area (TPSA) is 66.1 Å². The first-order valence-corrected chi connectivity index (χ1v) is 8.62. The highest BCUT2D eigenvalue weighted by molar-refractivity contribution is 5.73. The zero-order valence-corrected chi connectivity index (χ0v) is 14.4. The molecule has 2 N–H and O–H groups in total. The minimum absolute atomic E-state index is 0.0626. The van der Waals surface area contributed by atoms with Gasteiger partial charge >= 0.3 is 0 Å². The Morgan fingerprint density at radius 3 is 2.68 bits per heavy atom. The first kappa shape index (κ1) is 17.1. The van der Waals surface area contributed by atoms with Crippen molar-refractivity contribution in [1.82, 2.24) is 0 Å². The Hall–Kier alpha value is -2.69. The monoisotopic (exact) mass is 340 g/mol. The molecule has 25 heavy (non-hydrogen) atoms. The van der Waals surface area contributed by atoms with Crippen molar-refractivity contribution in [3.8, 4) is 11.5 Å². The Bertz CT molecular complexity index is 703. The van der Waals surface area contributed by atoms with E-state index >= 15 is 0 Å². The van der Waals surface area contributed by atoms with Crippen LogP contribution in [0.5, 0.6) is 11.5 Å². The first-order valence-electron chi connectivity index (χ1n) is 8.62. The second-order valence-corrected chi connectivity index (χ2v) is 6.07. The predicted molar refractivity (Wildman–Crippen MR) is 97.9 cm³/mol. The summed E-state index contributed by atoms with van der Waals surface area (Å²) in [6.07, 6.45) is 1.74. The summed E-state index contributed by atoms with van der Waals surface area (Å²) in [5.74, 6) is 1.59. The quantitative estimate of drug-likeness (QED) is 0.798. The van der Waals surface area contributed by atoms with Crippen LogP contribution < -0.4 is 15.2 Å². The summed E-state index contributed by atoms with van der Waals surface area (Å²) in [5, 5.41) is 0. The van der Waals surface area contributed by atoms with E-state index in [4.69, 9.17) is 19.9 Å². The molecule has 1 aliphatic heterocycles. The molecule has 0 spiro atoms. The molecule has 0 unspecified atom stereocenters. The minimum Gasteiger partial charge on any atom is -0.490 e. The van der Waals surface area contributed by atoms with Crippen molar-refractivity contribution in [2.24, 2.45) is 10.7 Å². The van der Waals surface area contributed by atoms with E-state index < -0.39 is 0 Å². The lowest BCUT2D eigenvalue weighted by molar-refractivity contribution is 0.167. The van der Waals surface area contributed by atoms with Crippen LogP contribution in [0.15, 0.2) is 59.6 Å². The SMILES string of the molecule is CC[C@@H](C[C@H]1COC(N)=N1)Oc1cccc(OCc2ccccc2)c1. The molecule has 0 saturated carbocycles. The summed E-state index contributed by atoms with van der Waals surface area (Å²) >= 11 is 0. The Morgan fingerprint density at radius 2 is 1.96 bits per heavy atom. The summed E-state index contributed by atoms with van der Waals surface area (Å²) in [6, 6.07) is 18.2. The van der Waals surface area contributed by atoms with Crippen LogP contribution in [0, 0.1) is 0 Å². The van der Waals surface area contributed by atoms with E-state index in [-0.39, 0.29) is 18.2 Å². The van der Waals surface area contributed by atoms with Crippen LogP contribution in [0.3, 0.4) is 0 Å². The molecule has 0 radical (unpaired) electrons. The summed E-state index contributed by atoms with van der Waals surface area (Å²) in [6.45, 7) is 3.17. The van der Waals surface area contributed by atoms with Crippen molar-refractivity contribution < 1.29 is 14.2 Å². The van der Waals surface area contributed by atoms with Gasteiger partial charge in [0.15, 0.2) is 0 Å². The van der Waals surface area contributed by atoms with Gasteiger partial charge in [-0.2, -0.15) is 0 Å². The van der Waals surface area contributed by atoms with Crippen molar-refractivity contribution in [1.29, 1.82) is 0 Å². The van der Waals surface area contributed by atoms with Crippen LogP contribution in [0.4, 0.5) is 0 Å². The van der Waals surface area contributed by atoms with Crippen LogP contribution in [0.25, 0.3) is 0 Å². The Balaban J connectivity index is 1.56. The van der Waals surface area contributed by atoms with Gasteiger partial charge in [0.1, 0.15) is 30.8 Å². The van der Waals surface area contributed by atoms with Gasteiger partial charge in [0, 0.05) is 12.5 Å². The molecule has 2 aromatic carbocycles. The maximum atomic E-state index is 6.11. The number of nitrogens with zero attached hydrogens (tertiary/aromatic N) is 1. The zero-order chi connectivity index (χ0) is 17.5. The maximum absolute atomic E-state index is 6.11. The van der Waals surface area contributed by atoms with Gasteiger partial charge < -0.3 is 19.9 Å². The molecule has 5 heteroatoms. The third kappa shape index (κ3) is 5.14. The van der Waals surface area contributed by atoms with Gasteiger partial charge in [-0.1, -0.05) is 43.3 Å². The number of amidine groups is 1. The van der Waals surface area contributed by atoms with Crippen LogP contribution in [-0.4, -0.2) is 24.8 Å². The van der Waals surface area contributed by atoms with E-state index in [2.05, 4.69) is 11.9 Å². The maximum Gasteiger partial charge on any atom is 0.282 e. The van der Waals surface area contributed by atoms with Gasteiger partial charge in [-0.3, -0.25) is 0 Å². The van der Waals surface area contributed by atoms with Crippen molar-refractivity contribution in [3.63, 3.8) is 0 Å². The molecule has 1 aliphatic rings. The number of rotatable bonds is 8. The summed E-state index contributed by atoms with van der Waals surface area (Å²) < 4.78 is 17.2. The fraction of sp³-hybridized carbons (Fsp3) is 0.350. The summed E-state index contributed by atoms with van der Waals surface area (Å²) in [4.78, 5) is 4.27. The average Bonchev–Trinajstić information content (AvgIpc) is 3.05. The smallest absolute Gasteiger partial charge is 0.282 e. The molecule has 132 valence electrons. The van der Waals surface area contributed by atoms with Gasteiger partial charge in [-0.05, 0) is 24.1 Å². The zero-order valence-electron chi connectivity index (χ0n) is 14.4. The number of hydrogen-bond acceptors (Lipinski definition) is 5. The summed E-state index contributed by atoms with van der Waals surface area (Å²) in [5.41, 5.74) is 6.70. The van der Waals surface area contributed by atoms with Crippen LogP contribution >= 0.6 is 0 Å². The second-order valence-electron chi connectivity index (χ2n) is 6.07. The van der Waals surface area contributed by atoms with Crippen molar-refractivity contribution in [2.75, 3.05) is 6.61 Å². The standard InChI is InChI=1S/C20H24N2O3/c1-2-17(11-16-14-24-20(21)22-16)25-19-10-6-9-18(12-19)23-13-15-7-4-3-5-8-15/h3-10,12,16-17H,2,11,13-14H2,1H3,(H2,21,22)/t16-,17-/m0/s1. The average molecular weight is 340 g/mol. The van der Waals surface area contributed by atoms with E-state index in [1.807, 2.05) is 54.6 Å². The second kappa shape index (κ2) is 8.42. The van der Waals surface area contributed by atoms with E-state index in [0.717, 1.165) is 29.9 Å². The Kier molecular flexibility index (Phi) is 5.77. The fourth-order valence-electron chi connectivity index (χ4n) is 2.73. The third-order valence-electron chi connectivity index (χ3n) is 4.08. The van der Waals surface area contributed by atoms with Crippen molar-refractivity contribution >= 4 is 6.02 Å². The van der Waals surface area contributed by atoms with Gasteiger partial charge in [-0.15, -0.1) is 0 Å². The predicted octanol–water partition coefficient (Wildman–Crippen LogP) is 3.53. The highest BCUT2D eigenvalue weighted by atomic mass is 16.5. The molecule has 0 fully saturated rings. The number of benzene rings is 2. The molecule has 5 nitrogen and oxygen atoms in total. The Morgan fingerprint density at radius 1 is 1.16 bits per heavy atom. The molecule has 0 aromatic heterocycles. The molecular weight excluding hydrogens is 316 g/mol. The first-order chi connectivity index (χ1) is 12.2. The molecule has 1 heterocycles. The number of ether oxygens (including phenoxy) is 3. The molecule has 2 aromatic rings. The molecule has 0 amide bonds. The highest BCUT2D eigenvalue weighted by Crippen LogP contribution is 2.24. The van der Waals surface area contributed by atoms with Crippen LogP contribution in [-0.2, 0) is 11.3 Å². The number of hydrogen-bond donors (Lipinski definition) is 1. The highest BCUT2D eigenvalue weighted by Gasteiger charge is 2.22. The number of aliphatic imine (C=N–C) groups is 1. The lowest BCUT2D eigenvalue weighted by Crippen LogP contribution is -2.22. The van der Waals surface area contributed by atoms with Crippen molar-refractivity contribution in [3.05, 3.63) is 60.2 Å². The van der Waals surface area contributed by atoms with Gasteiger partial charge in [0.25, 0.3) is 6.02 Å². The normalized spacial score (nSPS) is 17.5. The molecule has 2 atom stereocenters. The summed E-state index contributed by atoms with van der Waals surface area (Å²) in [7, 11) is 0. The minimum atomic E-state index is 0.0626. The van der Waals surface area contributed by atoms with E-state index in [1.54, 1.807) is 0 Å². The van der Waals surface area contributed by atoms with Crippen LogP contribution in [0.2, 0.25) is 0 Å². The van der Waals surface area contributed by atoms with E-state index in [0.29, 0.717) is 13.2 Å². The van der Waals surface area contributed by atoms with Crippen molar-refractivity contribution in [2.45, 2.75) is 38.5 Å². The third-order valence-corrected chi connectivity index (χ3v) is 4.08. The van der Waals surface area contributed by atoms with Gasteiger partial charge in [0.2, 0.25) is 0 Å². The number of nitrogens with two attached hydrogens (primary N) is 1. The lowest BCUT2D eigenvalue weighted by atomic mass is 10.1. The van der Waals surface area contributed by atoms with Gasteiger partial charge in [0.05, 0.1) is 6.04 Å². The molecule has 0 bridgehead atoms.